The van der Waals surface area contributed by atoms with Crippen molar-refractivity contribution in [3.8, 4) is 5.75 Å². The number of carboxylic acids is 1. The summed E-state index contributed by atoms with van der Waals surface area (Å²) in [5.41, 5.74) is 1.68. The van der Waals surface area contributed by atoms with Crippen molar-refractivity contribution < 1.29 is 29.3 Å². The Balaban J connectivity index is 2.12. The molecule has 156 valence electrons. The van der Waals surface area contributed by atoms with Gasteiger partial charge in [0.05, 0.1) is 25.1 Å². The molecule has 0 saturated heterocycles. The van der Waals surface area contributed by atoms with Gasteiger partial charge < -0.3 is 14.9 Å². The van der Waals surface area contributed by atoms with E-state index in [0.717, 1.165) is 0 Å². The average molecular weight is 409 g/mol. The van der Waals surface area contributed by atoms with Crippen molar-refractivity contribution in [3.05, 3.63) is 71.0 Å². The Morgan fingerprint density at radius 1 is 1.13 bits per heavy atom. The van der Waals surface area contributed by atoms with Gasteiger partial charge in [-0.2, -0.15) is 0 Å². The normalized spacial score (nSPS) is 16.3. The van der Waals surface area contributed by atoms with Gasteiger partial charge in [-0.3, -0.25) is 19.3 Å². The Hall–Kier alpha value is -3.61. The maximum Gasteiger partial charge on any atom is 0.307 e. The van der Waals surface area contributed by atoms with E-state index in [4.69, 9.17) is 9.84 Å². The van der Waals surface area contributed by atoms with E-state index < -0.39 is 29.6 Å². The summed E-state index contributed by atoms with van der Waals surface area (Å²) >= 11 is 0. The van der Waals surface area contributed by atoms with Crippen molar-refractivity contribution in [2.75, 3.05) is 12.0 Å². The van der Waals surface area contributed by atoms with E-state index in [1.54, 1.807) is 62.4 Å². The third kappa shape index (κ3) is 3.91. The molecule has 2 aromatic rings. The van der Waals surface area contributed by atoms with E-state index in [1.165, 1.54) is 12.0 Å². The zero-order valence-corrected chi connectivity index (χ0v) is 17.0. The highest BCUT2D eigenvalue weighted by atomic mass is 16.5. The lowest BCUT2D eigenvalue weighted by molar-refractivity contribution is -0.136. The summed E-state index contributed by atoms with van der Waals surface area (Å²) in [6, 6.07) is 12.6. The Morgan fingerprint density at radius 3 is 2.37 bits per heavy atom. The van der Waals surface area contributed by atoms with Crippen LogP contribution in [0.4, 0.5) is 5.69 Å². The number of hydrogen-bond acceptors (Lipinski definition) is 5. The fourth-order valence-corrected chi connectivity index (χ4v) is 3.51. The second-order valence-corrected chi connectivity index (χ2v) is 7.37. The van der Waals surface area contributed by atoms with Crippen molar-refractivity contribution in [1.82, 2.24) is 0 Å². The quantitative estimate of drug-likeness (QED) is 0.726. The van der Waals surface area contributed by atoms with Crippen molar-refractivity contribution in [2.24, 2.45) is 5.92 Å². The third-order valence-corrected chi connectivity index (χ3v) is 4.98. The number of anilines is 1. The highest BCUT2D eigenvalue weighted by Crippen LogP contribution is 2.42. The highest BCUT2D eigenvalue weighted by molar-refractivity contribution is 6.16. The molecule has 0 aliphatic carbocycles. The standard InChI is InChI=1S/C23H23NO6/c1-13(2)21(27)19-20(15-5-4-6-17(12-15)30-3)24(23(29)22(19)28)16-9-7-14(8-10-16)11-18(25)26/h4-10,12-13,20,28H,11H2,1-3H3,(H,25,26). The first-order chi connectivity index (χ1) is 14.2. The molecule has 0 fully saturated rings. The molecule has 3 rings (SSSR count). The molecule has 1 atom stereocenters. The molecular formula is C23H23NO6. The first-order valence-electron chi connectivity index (χ1n) is 9.50. The van der Waals surface area contributed by atoms with E-state index in [2.05, 4.69) is 0 Å². The monoisotopic (exact) mass is 409 g/mol. The van der Waals surface area contributed by atoms with Crippen LogP contribution in [0.3, 0.4) is 0 Å². The van der Waals surface area contributed by atoms with Gasteiger partial charge in [-0.1, -0.05) is 38.1 Å². The van der Waals surface area contributed by atoms with Crippen molar-refractivity contribution in [3.63, 3.8) is 0 Å². The molecule has 2 aromatic carbocycles. The lowest BCUT2D eigenvalue weighted by atomic mass is 9.91. The Labute approximate surface area is 174 Å². The minimum Gasteiger partial charge on any atom is -0.503 e. The molecule has 30 heavy (non-hydrogen) atoms. The number of amides is 1. The number of hydrogen-bond donors (Lipinski definition) is 2. The number of methoxy groups -OCH3 is 1. The van der Waals surface area contributed by atoms with Crippen molar-refractivity contribution >= 4 is 23.3 Å². The average Bonchev–Trinajstić information content (AvgIpc) is 2.98. The Kier molecular flexibility index (Phi) is 5.91. The van der Waals surface area contributed by atoms with Gasteiger partial charge in [0.2, 0.25) is 0 Å². The van der Waals surface area contributed by atoms with Crippen LogP contribution >= 0.6 is 0 Å². The maximum atomic E-state index is 13.0. The van der Waals surface area contributed by atoms with Crippen LogP contribution in [0.15, 0.2) is 59.9 Å². The van der Waals surface area contributed by atoms with Crippen LogP contribution in [0.2, 0.25) is 0 Å². The predicted molar refractivity (Wildman–Crippen MR) is 111 cm³/mol. The number of rotatable bonds is 7. The molecule has 0 bridgehead atoms. The molecule has 1 aliphatic heterocycles. The molecule has 0 aromatic heterocycles. The summed E-state index contributed by atoms with van der Waals surface area (Å²) in [4.78, 5) is 38.2. The Bertz CT molecular complexity index is 1020. The van der Waals surface area contributed by atoms with Crippen LogP contribution in [-0.4, -0.2) is 35.0 Å². The lowest BCUT2D eigenvalue weighted by Crippen LogP contribution is -2.31. The lowest BCUT2D eigenvalue weighted by Gasteiger charge is -2.27. The van der Waals surface area contributed by atoms with Crippen LogP contribution in [0.5, 0.6) is 5.75 Å². The number of Topliss-reactive ketones (excluding diaryl/α,β-unsaturated/α-hetero) is 1. The summed E-state index contributed by atoms with van der Waals surface area (Å²) in [5.74, 6) is -2.40. The summed E-state index contributed by atoms with van der Waals surface area (Å²) in [5, 5.41) is 19.6. The first-order valence-corrected chi connectivity index (χ1v) is 9.50. The second kappa shape index (κ2) is 8.41. The fourth-order valence-electron chi connectivity index (χ4n) is 3.51. The molecule has 7 nitrogen and oxygen atoms in total. The first kappa shape index (κ1) is 21.1. The van der Waals surface area contributed by atoms with Gasteiger partial charge in [0.25, 0.3) is 5.91 Å². The van der Waals surface area contributed by atoms with Gasteiger partial charge in [0.1, 0.15) is 5.75 Å². The number of ether oxygens (including phenoxy) is 1. The second-order valence-electron chi connectivity index (χ2n) is 7.37. The molecular weight excluding hydrogens is 386 g/mol. The summed E-state index contributed by atoms with van der Waals surface area (Å²) in [6.45, 7) is 3.41. The molecule has 0 saturated carbocycles. The number of aliphatic hydroxyl groups excluding tert-OH is 1. The topological polar surface area (TPSA) is 104 Å². The number of ketones is 1. The number of aliphatic carboxylic acids is 1. The van der Waals surface area contributed by atoms with Crippen molar-refractivity contribution in [2.45, 2.75) is 26.3 Å². The molecule has 7 heteroatoms. The maximum absolute atomic E-state index is 13.0. The number of carbonyl (C=O) groups excluding carboxylic acids is 2. The fraction of sp³-hybridized carbons (Fsp3) is 0.261. The minimum absolute atomic E-state index is 0.0397. The van der Waals surface area contributed by atoms with E-state index in [0.29, 0.717) is 22.6 Å². The summed E-state index contributed by atoms with van der Waals surface area (Å²) in [7, 11) is 1.52. The zero-order chi connectivity index (χ0) is 22.0. The molecule has 1 amide bonds. The van der Waals surface area contributed by atoms with E-state index in [-0.39, 0.29) is 17.8 Å². The number of carboxylic acid groups (broad SMARTS) is 1. The van der Waals surface area contributed by atoms with Gasteiger partial charge in [0, 0.05) is 11.6 Å². The van der Waals surface area contributed by atoms with Crippen LogP contribution in [-0.2, 0) is 20.8 Å². The summed E-state index contributed by atoms with van der Waals surface area (Å²) < 4.78 is 5.28. The van der Waals surface area contributed by atoms with Crippen LogP contribution < -0.4 is 9.64 Å². The largest absolute Gasteiger partial charge is 0.503 e. The third-order valence-electron chi connectivity index (χ3n) is 4.98. The van der Waals surface area contributed by atoms with E-state index in [1.807, 2.05) is 0 Å². The van der Waals surface area contributed by atoms with E-state index >= 15 is 0 Å². The molecule has 1 unspecified atom stereocenters. The number of carbonyl (C=O) groups is 3. The zero-order valence-electron chi connectivity index (χ0n) is 17.0. The molecule has 2 N–H and O–H groups in total. The Morgan fingerprint density at radius 2 is 1.80 bits per heavy atom. The molecule has 0 radical (unpaired) electrons. The SMILES string of the molecule is COc1cccc(C2C(C(=O)C(C)C)=C(O)C(=O)N2c2ccc(CC(=O)O)cc2)c1. The molecule has 1 heterocycles. The van der Waals surface area contributed by atoms with Gasteiger partial charge in [0.15, 0.2) is 11.5 Å². The number of nitrogens with zero attached hydrogens (tertiary/aromatic N) is 1. The number of benzene rings is 2. The van der Waals surface area contributed by atoms with Crippen LogP contribution in [0.1, 0.15) is 31.0 Å². The highest BCUT2D eigenvalue weighted by Gasteiger charge is 2.44. The summed E-state index contributed by atoms with van der Waals surface area (Å²) in [6.07, 6.45) is -0.145. The molecule has 0 spiro atoms. The van der Waals surface area contributed by atoms with Crippen LogP contribution in [0, 0.1) is 5.92 Å². The molecule has 1 aliphatic rings. The van der Waals surface area contributed by atoms with Gasteiger partial charge in [-0.05, 0) is 35.4 Å². The van der Waals surface area contributed by atoms with Crippen LogP contribution in [0.25, 0.3) is 0 Å². The smallest absolute Gasteiger partial charge is 0.307 e. The van der Waals surface area contributed by atoms with Gasteiger partial charge in [-0.15, -0.1) is 0 Å². The van der Waals surface area contributed by atoms with Gasteiger partial charge >= 0.3 is 5.97 Å². The van der Waals surface area contributed by atoms with Gasteiger partial charge in [-0.25, -0.2) is 0 Å². The van der Waals surface area contributed by atoms with E-state index in [9.17, 15) is 19.5 Å². The number of aliphatic hydroxyl groups is 1. The predicted octanol–water partition coefficient (Wildman–Crippen LogP) is 3.45. The minimum atomic E-state index is -0.960. The van der Waals surface area contributed by atoms with Crippen molar-refractivity contribution in [1.29, 1.82) is 0 Å².